The van der Waals surface area contributed by atoms with Crippen molar-refractivity contribution in [2.24, 2.45) is 11.3 Å². The van der Waals surface area contributed by atoms with E-state index in [0.717, 1.165) is 52.0 Å². The number of anilines is 1. The summed E-state index contributed by atoms with van der Waals surface area (Å²) in [5, 5.41) is 17.4. The summed E-state index contributed by atoms with van der Waals surface area (Å²) in [7, 11) is 2.06. The van der Waals surface area contributed by atoms with Gasteiger partial charge in [0.25, 0.3) is 11.8 Å². The van der Waals surface area contributed by atoms with Crippen molar-refractivity contribution in [3.05, 3.63) is 35.9 Å². The lowest BCUT2D eigenvalue weighted by Crippen LogP contribution is -2.62. The van der Waals surface area contributed by atoms with Crippen LogP contribution in [0.3, 0.4) is 0 Å². The van der Waals surface area contributed by atoms with Crippen molar-refractivity contribution in [1.82, 2.24) is 29.9 Å². The van der Waals surface area contributed by atoms with Crippen LogP contribution >= 0.6 is 0 Å². The Balaban J connectivity index is 1.44. The van der Waals surface area contributed by atoms with E-state index in [1.807, 2.05) is 20.8 Å². The van der Waals surface area contributed by atoms with Gasteiger partial charge in [0.05, 0.1) is 12.2 Å². The van der Waals surface area contributed by atoms with Gasteiger partial charge in [-0.05, 0) is 77.7 Å². The monoisotopic (exact) mass is 585 g/mol. The van der Waals surface area contributed by atoms with E-state index in [4.69, 9.17) is 4.74 Å². The number of halogens is 1. The average Bonchev–Trinajstić information content (AvgIpc) is 3.37. The minimum atomic E-state index is -0.504. The molecule has 0 unspecified atom stereocenters. The molecule has 2 aliphatic heterocycles. The number of likely N-dealkylation sites (tertiary alicyclic amines) is 1. The van der Waals surface area contributed by atoms with Gasteiger partial charge in [0.1, 0.15) is 17.9 Å². The van der Waals surface area contributed by atoms with Crippen LogP contribution in [0.5, 0.6) is 11.6 Å². The van der Waals surface area contributed by atoms with Gasteiger partial charge >= 0.3 is 0 Å². The first-order valence-electron chi connectivity index (χ1n) is 15.3. The zero-order chi connectivity index (χ0) is 30.4. The molecule has 0 radical (unpaired) electrons. The number of nitrogens with zero attached hydrogens (tertiary/aromatic N) is 7. The molecule has 0 saturated carbocycles. The molecule has 11 heteroatoms. The predicted molar refractivity (Wildman–Crippen MR) is 161 cm³/mol. The number of benzene rings is 1. The molecule has 232 valence electrons. The molecule has 0 bridgehead atoms. The van der Waals surface area contributed by atoms with Crippen molar-refractivity contribution in [3.8, 4) is 11.6 Å². The van der Waals surface area contributed by atoms with Crippen LogP contribution in [0, 0.1) is 17.2 Å². The fourth-order valence-corrected chi connectivity index (χ4v) is 6.52. The second-order valence-electron chi connectivity index (χ2n) is 12.6. The number of aliphatic hydroxyl groups is 1. The number of likely N-dealkylation sites (N-methyl/N-ethyl adjacent to an activating group) is 1. The summed E-state index contributed by atoms with van der Waals surface area (Å²) in [6.07, 6.45) is 4.73. The van der Waals surface area contributed by atoms with Gasteiger partial charge in [-0.1, -0.05) is 13.8 Å². The second-order valence-corrected chi connectivity index (χ2v) is 12.6. The van der Waals surface area contributed by atoms with E-state index in [1.165, 1.54) is 24.5 Å². The van der Waals surface area contributed by atoms with Gasteiger partial charge in [-0.2, -0.15) is 0 Å². The lowest BCUT2D eigenvalue weighted by molar-refractivity contribution is -0.0344. The number of carbonyl (C=O) groups is 1. The standard InChI is InChI=1S/C31H48FN7O3/c1-7-39(23(4)5)30(41)25-17-24(32)10-11-27(25)42-29-28(33-21-34-35-29)37-14-12-31(18-37)19-38(20-31)26(22(2)3)9-8-13-36(6)15-16-40/h10-11,17,21-23,26,40H,7-9,12-16,18-20H2,1-6H3/t26-/m1/s1. The van der Waals surface area contributed by atoms with E-state index in [-0.39, 0.29) is 41.2 Å². The molecule has 42 heavy (non-hydrogen) atoms. The Morgan fingerprint density at radius 1 is 1.19 bits per heavy atom. The Kier molecular flexibility index (Phi) is 10.7. The van der Waals surface area contributed by atoms with Crippen LogP contribution in [0.4, 0.5) is 10.2 Å². The van der Waals surface area contributed by atoms with Crippen LogP contribution in [0.25, 0.3) is 0 Å². The molecule has 2 aromatic rings. The number of amides is 1. The topological polar surface area (TPSA) is 98.2 Å². The van der Waals surface area contributed by atoms with Crippen molar-refractivity contribution >= 4 is 11.7 Å². The van der Waals surface area contributed by atoms with Gasteiger partial charge in [0.2, 0.25) is 0 Å². The van der Waals surface area contributed by atoms with Crippen LogP contribution < -0.4 is 9.64 Å². The smallest absolute Gasteiger partial charge is 0.282 e. The van der Waals surface area contributed by atoms with Crippen molar-refractivity contribution in [2.45, 2.75) is 66.0 Å². The van der Waals surface area contributed by atoms with Gasteiger partial charge in [-0.25, -0.2) is 9.37 Å². The molecule has 2 aliphatic rings. The average molecular weight is 586 g/mol. The molecule has 4 rings (SSSR count). The molecule has 1 atom stereocenters. The largest absolute Gasteiger partial charge is 0.434 e. The Labute approximate surface area is 249 Å². The molecule has 1 aromatic carbocycles. The van der Waals surface area contributed by atoms with E-state index in [2.05, 4.69) is 50.8 Å². The summed E-state index contributed by atoms with van der Waals surface area (Å²) in [6.45, 7) is 16.5. The number of carbonyl (C=O) groups excluding carboxylic acids is 1. The summed E-state index contributed by atoms with van der Waals surface area (Å²) in [6, 6.07) is 4.46. The zero-order valence-electron chi connectivity index (χ0n) is 26.1. The number of aromatic nitrogens is 3. The molecule has 0 aliphatic carbocycles. The summed E-state index contributed by atoms with van der Waals surface area (Å²) in [4.78, 5) is 26.5. The highest BCUT2D eigenvalue weighted by atomic mass is 19.1. The number of hydrogen-bond acceptors (Lipinski definition) is 9. The van der Waals surface area contributed by atoms with Crippen molar-refractivity contribution < 1.29 is 19.0 Å². The first-order valence-corrected chi connectivity index (χ1v) is 15.3. The molecule has 2 saturated heterocycles. The fourth-order valence-electron chi connectivity index (χ4n) is 6.52. The number of rotatable bonds is 14. The van der Waals surface area contributed by atoms with Crippen LogP contribution in [-0.4, -0.2) is 112 Å². The van der Waals surface area contributed by atoms with Crippen LogP contribution in [-0.2, 0) is 0 Å². The molecule has 1 amide bonds. The molecular formula is C31H48FN7O3. The normalized spacial score (nSPS) is 17.4. The highest BCUT2D eigenvalue weighted by Crippen LogP contribution is 2.44. The Bertz CT molecular complexity index is 1190. The molecule has 1 aromatic heterocycles. The third kappa shape index (κ3) is 7.36. The molecule has 1 N–H and O–H groups in total. The summed E-state index contributed by atoms with van der Waals surface area (Å²) >= 11 is 0. The third-order valence-electron chi connectivity index (χ3n) is 8.75. The van der Waals surface area contributed by atoms with E-state index >= 15 is 0 Å². The van der Waals surface area contributed by atoms with Crippen LogP contribution in [0.15, 0.2) is 24.5 Å². The highest BCUT2D eigenvalue weighted by molar-refractivity contribution is 5.97. The molecule has 1 spiro atoms. The van der Waals surface area contributed by atoms with Gasteiger partial charge in [0.15, 0.2) is 5.82 Å². The minimum Gasteiger partial charge on any atom is -0.434 e. The van der Waals surface area contributed by atoms with Gasteiger partial charge in [-0.3, -0.25) is 9.69 Å². The lowest BCUT2D eigenvalue weighted by atomic mass is 9.76. The number of ether oxygens (including phenoxy) is 1. The predicted octanol–water partition coefficient (Wildman–Crippen LogP) is 3.91. The van der Waals surface area contributed by atoms with E-state index < -0.39 is 5.82 Å². The Morgan fingerprint density at radius 2 is 1.95 bits per heavy atom. The first kappa shape index (κ1) is 32.0. The summed E-state index contributed by atoms with van der Waals surface area (Å²) in [5.41, 5.74) is 0.343. The number of hydrogen-bond donors (Lipinski definition) is 1. The van der Waals surface area contributed by atoms with E-state index in [0.29, 0.717) is 30.9 Å². The quantitative estimate of drug-likeness (QED) is 0.354. The highest BCUT2D eigenvalue weighted by Gasteiger charge is 2.50. The zero-order valence-corrected chi connectivity index (χ0v) is 26.1. The molecule has 10 nitrogen and oxygen atoms in total. The van der Waals surface area contributed by atoms with Gasteiger partial charge in [-0.15, -0.1) is 10.2 Å². The van der Waals surface area contributed by atoms with Gasteiger partial charge in [0, 0.05) is 56.8 Å². The maximum absolute atomic E-state index is 14.3. The Morgan fingerprint density at radius 3 is 2.62 bits per heavy atom. The lowest BCUT2D eigenvalue weighted by Gasteiger charge is -2.53. The maximum Gasteiger partial charge on any atom is 0.282 e. The second kappa shape index (κ2) is 14.1. The summed E-state index contributed by atoms with van der Waals surface area (Å²) < 4.78 is 20.4. The third-order valence-corrected chi connectivity index (χ3v) is 8.75. The van der Waals surface area contributed by atoms with Gasteiger partial charge < -0.3 is 24.5 Å². The van der Waals surface area contributed by atoms with E-state index in [9.17, 15) is 14.3 Å². The van der Waals surface area contributed by atoms with Crippen LogP contribution in [0.2, 0.25) is 0 Å². The van der Waals surface area contributed by atoms with Crippen molar-refractivity contribution in [3.63, 3.8) is 0 Å². The minimum absolute atomic E-state index is 0.0434. The fraction of sp³-hybridized carbons (Fsp3) is 0.677. The van der Waals surface area contributed by atoms with Crippen molar-refractivity contribution in [1.29, 1.82) is 0 Å². The van der Waals surface area contributed by atoms with Crippen molar-refractivity contribution in [2.75, 3.05) is 64.4 Å². The maximum atomic E-state index is 14.3. The molecule has 3 heterocycles. The molecule has 2 fully saturated rings. The van der Waals surface area contributed by atoms with Crippen LogP contribution in [0.1, 0.15) is 64.2 Å². The summed E-state index contributed by atoms with van der Waals surface area (Å²) in [5.74, 6) is 0.807. The molecular weight excluding hydrogens is 537 g/mol. The Hall–Kier alpha value is -2.89. The number of aliphatic hydroxyl groups excluding tert-OH is 1. The van der Waals surface area contributed by atoms with E-state index in [1.54, 1.807) is 4.90 Å². The SMILES string of the molecule is CCN(C(=O)c1cc(F)ccc1Oc1nncnc1N1CCC2(C1)CN([C@H](CCCN(C)CCO)C(C)C)C2)C(C)C. The first-order chi connectivity index (χ1) is 20.1.